The number of hydrogen-bond donors (Lipinski definition) is 1. The third-order valence-electron chi connectivity index (χ3n) is 3.78. The molecule has 20 heavy (non-hydrogen) atoms. The molecule has 2 nitrogen and oxygen atoms in total. The molecule has 2 rings (SSSR count). The van der Waals surface area contributed by atoms with Crippen LogP contribution < -0.4 is 10.6 Å². The van der Waals surface area contributed by atoms with Crippen molar-refractivity contribution in [3.63, 3.8) is 0 Å². The van der Waals surface area contributed by atoms with E-state index in [-0.39, 0.29) is 6.04 Å². The molecule has 0 spiro atoms. The normalized spacial score (nSPS) is 12.2. The third-order valence-corrected chi connectivity index (χ3v) is 3.78. The van der Waals surface area contributed by atoms with Crippen LogP contribution in [-0.2, 0) is 6.42 Å². The smallest absolute Gasteiger partial charge is 0.0363 e. The van der Waals surface area contributed by atoms with Gasteiger partial charge in [0.25, 0.3) is 0 Å². The zero-order chi connectivity index (χ0) is 14.4. The Balaban J connectivity index is 1.94. The molecule has 0 heterocycles. The predicted octanol–water partition coefficient (Wildman–Crippen LogP) is 3.78. The molecule has 0 fully saturated rings. The van der Waals surface area contributed by atoms with Gasteiger partial charge in [0.05, 0.1) is 0 Å². The Kier molecular flexibility index (Phi) is 5.19. The average Bonchev–Trinajstić information content (AvgIpc) is 2.53. The van der Waals surface area contributed by atoms with Crippen LogP contribution in [-0.4, -0.2) is 13.6 Å². The number of hydrogen-bond acceptors (Lipinski definition) is 2. The van der Waals surface area contributed by atoms with E-state index in [9.17, 15) is 0 Å². The van der Waals surface area contributed by atoms with Crippen molar-refractivity contribution < 1.29 is 0 Å². The van der Waals surface area contributed by atoms with E-state index in [1.54, 1.807) is 0 Å². The van der Waals surface area contributed by atoms with Crippen LogP contribution in [0.3, 0.4) is 0 Å². The largest absolute Gasteiger partial charge is 0.374 e. The van der Waals surface area contributed by atoms with Crippen LogP contribution in [0.1, 0.15) is 30.5 Å². The molecule has 0 radical (unpaired) electrons. The molecule has 2 aromatic rings. The Bertz CT molecular complexity index is 505. The summed E-state index contributed by atoms with van der Waals surface area (Å²) in [5.74, 6) is 0. The number of rotatable bonds is 6. The van der Waals surface area contributed by atoms with E-state index in [2.05, 4.69) is 73.5 Å². The molecule has 0 aliphatic carbocycles. The molecule has 0 saturated heterocycles. The summed E-state index contributed by atoms with van der Waals surface area (Å²) in [5, 5.41) is 0. The molecule has 2 heteroatoms. The summed E-state index contributed by atoms with van der Waals surface area (Å²) >= 11 is 0. The van der Waals surface area contributed by atoms with E-state index in [0.29, 0.717) is 0 Å². The van der Waals surface area contributed by atoms with Crippen LogP contribution in [0.25, 0.3) is 0 Å². The number of nitrogens with two attached hydrogens (primary N) is 1. The van der Waals surface area contributed by atoms with Crippen LogP contribution in [0.15, 0.2) is 54.6 Å². The fourth-order valence-electron chi connectivity index (χ4n) is 2.28. The van der Waals surface area contributed by atoms with E-state index in [4.69, 9.17) is 5.73 Å². The van der Waals surface area contributed by atoms with E-state index in [1.807, 2.05) is 0 Å². The Morgan fingerprint density at radius 1 is 1.00 bits per heavy atom. The van der Waals surface area contributed by atoms with Crippen molar-refractivity contribution in [2.24, 2.45) is 5.73 Å². The fraction of sp³-hybridized carbons (Fsp3) is 0.333. The van der Waals surface area contributed by atoms with Crippen molar-refractivity contribution >= 4 is 5.69 Å². The zero-order valence-electron chi connectivity index (χ0n) is 12.4. The number of likely N-dealkylation sites (N-methyl/N-ethyl adjacent to an activating group) is 1. The second kappa shape index (κ2) is 7.11. The molecular formula is C18H24N2. The van der Waals surface area contributed by atoms with Crippen molar-refractivity contribution in [3.05, 3.63) is 65.7 Å². The molecule has 1 atom stereocenters. The van der Waals surface area contributed by atoms with E-state index in [0.717, 1.165) is 19.4 Å². The highest BCUT2D eigenvalue weighted by atomic mass is 15.1. The zero-order valence-corrected chi connectivity index (χ0v) is 12.4. The van der Waals surface area contributed by atoms with E-state index >= 15 is 0 Å². The number of anilines is 1. The third kappa shape index (κ3) is 3.84. The highest BCUT2D eigenvalue weighted by molar-refractivity contribution is 5.47. The van der Waals surface area contributed by atoms with Crippen molar-refractivity contribution in [1.29, 1.82) is 0 Å². The summed E-state index contributed by atoms with van der Waals surface area (Å²) in [4.78, 5) is 2.29. The standard InChI is InChI=1S/C18H24N2/c1-3-18(19)16-9-11-17(12-10-16)20(2)14-13-15-7-5-4-6-8-15/h4-12,18H,3,13-14,19H2,1-2H3/t18-/m1/s1. The highest BCUT2D eigenvalue weighted by Gasteiger charge is 2.05. The van der Waals surface area contributed by atoms with Crippen LogP contribution >= 0.6 is 0 Å². The fourth-order valence-corrected chi connectivity index (χ4v) is 2.28. The lowest BCUT2D eigenvalue weighted by Crippen LogP contribution is -2.20. The van der Waals surface area contributed by atoms with E-state index < -0.39 is 0 Å². The van der Waals surface area contributed by atoms with Crippen molar-refractivity contribution in [1.82, 2.24) is 0 Å². The average molecular weight is 268 g/mol. The van der Waals surface area contributed by atoms with Gasteiger partial charge in [0, 0.05) is 25.3 Å². The summed E-state index contributed by atoms with van der Waals surface area (Å²) in [6, 6.07) is 19.4. The molecule has 0 aromatic heterocycles. The predicted molar refractivity (Wildman–Crippen MR) is 87.1 cm³/mol. The first-order chi connectivity index (χ1) is 9.70. The minimum Gasteiger partial charge on any atom is -0.374 e. The minimum absolute atomic E-state index is 0.152. The van der Waals surface area contributed by atoms with Gasteiger partial charge in [0.2, 0.25) is 0 Å². The molecule has 0 amide bonds. The summed E-state index contributed by atoms with van der Waals surface area (Å²) in [5.41, 5.74) is 9.88. The first-order valence-electron chi connectivity index (χ1n) is 7.31. The monoisotopic (exact) mass is 268 g/mol. The summed E-state index contributed by atoms with van der Waals surface area (Å²) in [6.45, 7) is 3.13. The summed E-state index contributed by atoms with van der Waals surface area (Å²) in [6.07, 6.45) is 2.04. The van der Waals surface area contributed by atoms with Crippen molar-refractivity contribution in [2.45, 2.75) is 25.8 Å². The van der Waals surface area contributed by atoms with Crippen LogP contribution in [0.5, 0.6) is 0 Å². The topological polar surface area (TPSA) is 29.3 Å². The highest BCUT2D eigenvalue weighted by Crippen LogP contribution is 2.19. The second-order valence-corrected chi connectivity index (χ2v) is 5.26. The summed E-state index contributed by atoms with van der Waals surface area (Å²) in [7, 11) is 2.14. The maximum atomic E-state index is 6.04. The van der Waals surface area contributed by atoms with Crippen LogP contribution in [0, 0.1) is 0 Å². The number of benzene rings is 2. The van der Waals surface area contributed by atoms with Gasteiger partial charge in [-0.3, -0.25) is 0 Å². The van der Waals surface area contributed by atoms with Gasteiger partial charge in [0.1, 0.15) is 0 Å². The van der Waals surface area contributed by atoms with Gasteiger partial charge < -0.3 is 10.6 Å². The van der Waals surface area contributed by atoms with Crippen molar-refractivity contribution in [2.75, 3.05) is 18.5 Å². The quantitative estimate of drug-likeness (QED) is 0.864. The van der Waals surface area contributed by atoms with Gasteiger partial charge in [-0.05, 0) is 36.1 Å². The Morgan fingerprint density at radius 3 is 2.25 bits per heavy atom. The maximum absolute atomic E-state index is 6.04. The first-order valence-corrected chi connectivity index (χ1v) is 7.31. The first kappa shape index (κ1) is 14.6. The van der Waals surface area contributed by atoms with Gasteiger partial charge in [-0.2, -0.15) is 0 Å². The lowest BCUT2D eigenvalue weighted by Gasteiger charge is -2.20. The van der Waals surface area contributed by atoms with Gasteiger partial charge >= 0.3 is 0 Å². The summed E-state index contributed by atoms with van der Waals surface area (Å²) < 4.78 is 0. The second-order valence-electron chi connectivity index (χ2n) is 5.26. The molecule has 0 bridgehead atoms. The Morgan fingerprint density at radius 2 is 1.65 bits per heavy atom. The van der Waals surface area contributed by atoms with Gasteiger partial charge in [-0.15, -0.1) is 0 Å². The molecule has 2 aromatic carbocycles. The molecule has 106 valence electrons. The lowest BCUT2D eigenvalue weighted by atomic mass is 10.0. The van der Waals surface area contributed by atoms with Gasteiger partial charge in [-0.25, -0.2) is 0 Å². The van der Waals surface area contributed by atoms with Crippen LogP contribution in [0.2, 0.25) is 0 Å². The van der Waals surface area contributed by atoms with Crippen molar-refractivity contribution in [3.8, 4) is 0 Å². The lowest BCUT2D eigenvalue weighted by molar-refractivity contribution is 0.698. The number of nitrogens with zero attached hydrogens (tertiary/aromatic N) is 1. The Labute approximate surface area is 122 Å². The molecule has 0 aliphatic heterocycles. The van der Waals surface area contributed by atoms with Crippen LogP contribution in [0.4, 0.5) is 5.69 Å². The van der Waals surface area contributed by atoms with E-state index in [1.165, 1.54) is 16.8 Å². The molecule has 0 unspecified atom stereocenters. The maximum Gasteiger partial charge on any atom is 0.0363 e. The molecular weight excluding hydrogens is 244 g/mol. The SMILES string of the molecule is CC[C@@H](N)c1ccc(N(C)CCc2ccccc2)cc1. The molecule has 0 saturated carbocycles. The Hall–Kier alpha value is -1.80. The van der Waals surface area contributed by atoms with Gasteiger partial charge in [-0.1, -0.05) is 49.4 Å². The molecule has 2 N–H and O–H groups in total. The van der Waals surface area contributed by atoms with Gasteiger partial charge in [0.15, 0.2) is 0 Å². The minimum atomic E-state index is 0.152. The molecule has 0 aliphatic rings.